The third-order valence-electron chi connectivity index (χ3n) is 2.68. The summed E-state index contributed by atoms with van der Waals surface area (Å²) in [7, 11) is 0. The van der Waals surface area contributed by atoms with Crippen molar-refractivity contribution in [3.63, 3.8) is 0 Å². The molecule has 0 bridgehead atoms. The molecule has 0 saturated carbocycles. The van der Waals surface area contributed by atoms with Crippen LogP contribution in [0.5, 0.6) is 0 Å². The Hall–Kier alpha value is 1.11. The summed E-state index contributed by atoms with van der Waals surface area (Å²) in [4.78, 5) is 12.0. The normalized spacial score (nSPS) is 12.8. The maximum Gasteiger partial charge on any atom is 2.00 e. The van der Waals surface area contributed by atoms with Crippen LogP contribution in [-0.4, -0.2) is 23.6 Å². The third-order valence-corrected chi connectivity index (χ3v) is 3.60. The van der Waals surface area contributed by atoms with Gasteiger partial charge in [-0.3, -0.25) is 4.79 Å². The van der Waals surface area contributed by atoms with E-state index in [0.717, 1.165) is 25.7 Å². The van der Waals surface area contributed by atoms with Crippen LogP contribution in [0.1, 0.15) is 46.5 Å². The van der Waals surface area contributed by atoms with Crippen molar-refractivity contribution in [3.8, 4) is 0 Å². The van der Waals surface area contributed by atoms with Crippen LogP contribution in [0.25, 0.3) is 0 Å². The summed E-state index contributed by atoms with van der Waals surface area (Å²) in [5, 5.41) is -0.133. The van der Waals surface area contributed by atoms with E-state index >= 15 is 0 Å². The molecule has 5 heteroatoms. The summed E-state index contributed by atoms with van der Waals surface area (Å²) < 4.78 is 5.26. The van der Waals surface area contributed by atoms with Crippen molar-refractivity contribution >= 4 is 31.2 Å². The van der Waals surface area contributed by atoms with Gasteiger partial charge < -0.3 is 30.0 Å². The van der Waals surface area contributed by atoms with Crippen molar-refractivity contribution in [1.29, 1.82) is 0 Å². The van der Waals surface area contributed by atoms with Gasteiger partial charge in [0.2, 0.25) is 0 Å². The van der Waals surface area contributed by atoms with Gasteiger partial charge in [0.25, 0.3) is 0 Å². The van der Waals surface area contributed by atoms with Crippen LogP contribution >= 0.6 is 0 Å². The van der Waals surface area contributed by atoms with E-state index in [1.54, 1.807) is 0 Å². The van der Waals surface area contributed by atoms with E-state index in [1.165, 1.54) is 0 Å². The Balaban J connectivity index is 0. The Morgan fingerprint density at radius 2 is 1.76 bits per heavy atom. The topological polar surface area (TPSA) is 26.3 Å². The second-order valence-electron chi connectivity index (χ2n) is 4.45. The second-order valence-corrected chi connectivity index (χ2v) is 5.45. The molecule has 1 atom stereocenters. The first-order valence-electron chi connectivity index (χ1n) is 5.91. The van der Waals surface area contributed by atoms with Gasteiger partial charge in [0.15, 0.2) is 0 Å². The molecule has 0 aromatic heterocycles. The number of hydrogen-bond donors (Lipinski definition) is 0. The molecule has 0 aliphatic heterocycles. The molecule has 0 saturated heterocycles. The van der Waals surface area contributed by atoms with Gasteiger partial charge in [-0.15, -0.1) is 0 Å². The molecule has 17 heavy (non-hydrogen) atoms. The zero-order valence-corrected chi connectivity index (χ0v) is 18.3. The number of rotatable bonds is 8. The van der Waals surface area contributed by atoms with Crippen LogP contribution in [0.15, 0.2) is 0 Å². The van der Waals surface area contributed by atoms with Crippen LogP contribution in [0, 0.1) is 5.41 Å². The largest absolute Gasteiger partial charge is 2.00 e. The minimum absolute atomic E-state index is 0. The number of esters is 1. The van der Waals surface area contributed by atoms with Crippen molar-refractivity contribution in [2.75, 3.05) is 12.4 Å². The Kier molecular flexibility index (Phi) is 13.2. The Morgan fingerprint density at radius 3 is 2.12 bits per heavy atom. The van der Waals surface area contributed by atoms with Crippen LogP contribution in [0.3, 0.4) is 0 Å². The Bertz CT molecular complexity index is 207. The molecule has 0 N–H and O–H groups in total. The molecule has 0 fully saturated rings. The van der Waals surface area contributed by atoms with E-state index in [2.05, 4.69) is 13.8 Å². The summed E-state index contributed by atoms with van der Waals surface area (Å²) in [5.41, 5.74) is -0.347. The van der Waals surface area contributed by atoms with Gasteiger partial charge in [0.1, 0.15) is 0 Å². The molecule has 0 aromatic rings. The van der Waals surface area contributed by atoms with Crippen LogP contribution in [0.4, 0.5) is 0 Å². The van der Waals surface area contributed by atoms with Crippen molar-refractivity contribution in [2.24, 2.45) is 5.41 Å². The second kappa shape index (κ2) is 11.0. The first-order valence-corrected chi connectivity index (χ1v) is 6.96. The maximum absolute atomic E-state index is 12.0. The smallest absolute Gasteiger partial charge is 0.794 e. The Morgan fingerprint density at radius 1 is 1.29 bits per heavy atom. The molecule has 0 rings (SSSR count). The molecule has 96 valence electrons. The van der Waals surface area contributed by atoms with Crippen LogP contribution in [-0.2, 0) is 62.5 Å². The molecular weight excluding hydrogens is 441 g/mol. The standard InChI is InChI=1S/C12H24O2S2.Hg/c1-4-6-12(3,7-5-2)11(13)14-8-10(16)9-15;/h10,15-16H,4-9H2,1-3H3;/q;+2/p-2. The number of ether oxygens (including phenoxy) is 1. The van der Waals surface area contributed by atoms with E-state index in [4.69, 9.17) is 30.0 Å². The Labute approximate surface area is 137 Å². The van der Waals surface area contributed by atoms with Gasteiger partial charge in [-0.05, 0) is 19.8 Å². The minimum atomic E-state index is -0.347. The summed E-state index contributed by atoms with van der Waals surface area (Å²) in [6, 6.07) is 0. The zero-order valence-electron chi connectivity index (χ0n) is 11.2. The molecule has 1 unspecified atom stereocenters. The van der Waals surface area contributed by atoms with E-state index < -0.39 is 0 Å². The number of carbonyl (C=O) groups excluding carboxylic acids is 1. The van der Waals surface area contributed by atoms with Gasteiger partial charge in [0.05, 0.1) is 12.0 Å². The van der Waals surface area contributed by atoms with Gasteiger partial charge in [-0.1, -0.05) is 26.7 Å². The van der Waals surface area contributed by atoms with E-state index in [9.17, 15) is 4.79 Å². The van der Waals surface area contributed by atoms with E-state index in [0.29, 0.717) is 5.75 Å². The van der Waals surface area contributed by atoms with Gasteiger partial charge in [-0.25, -0.2) is 0 Å². The first-order chi connectivity index (χ1) is 7.50. The van der Waals surface area contributed by atoms with Crippen LogP contribution in [0.2, 0.25) is 0 Å². The fraction of sp³-hybridized carbons (Fsp3) is 0.917. The summed E-state index contributed by atoms with van der Waals surface area (Å²) in [6.07, 6.45) is 3.72. The van der Waals surface area contributed by atoms with E-state index in [1.807, 2.05) is 6.92 Å². The average molecular weight is 463 g/mol. The van der Waals surface area contributed by atoms with Crippen molar-refractivity contribution in [2.45, 2.75) is 51.7 Å². The quantitative estimate of drug-likeness (QED) is 0.315. The van der Waals surface area contributed by atoms with Crippen molar-refractivity contribution in [3.05, 3.63) is 0 Å². The maximum atomic E-state index is 12.0. The molecule has 0 aliphatic carbocycles. The third kappa shape index (κ3) is 7.99. The molecule has 0 aliphatic rings. The van der Waals surface area contributed by atoms with E-state index in [-0.39, 0.29) is 50.9 Å². The summed E-state index contributed by atoms with van der Waals surface area (Å²) in [6.45, 7) is 6.43. The summed E-state index contributed by atoms with van der Waals surface area (Å²) in [5.74, 6) is 0.343. The van der Waals surface area contributed by atoms with Gasteiger partial charge in [0, 0.05) is 0 Å². The van der Waals surface area contributed by atoms with Gasteiger partial charge in [-0.2, -0.15) is 11.0 Å². The monoisotopic (exact) mass is 464 g/mol. The fourth-order valence-corrected chi connectivity index (χ4v) is 1.99. The number of carbonyl (C=O) groups is 1. The molecule has 0 spiro atoms. The SMILES string of the molecule is CCCC(C)(CCC)C(=O)OCC([S-])C[S-].[Hg+2]. The van der Waals surface area contributed by atoms with Crippen molar-refractivity contribution < 1.29 is 37.2 Å². The van der Waals surface area contributed by atoms with Crippen molar-refractivity contribution in [1.82, 2.24) is 0 Å². The van der Waals surface area contributed by atoms with Gasteiger partial charge >= 0.3 is 33.6 Å². The van der Waals surface area contributed by atoms with Crippen LogP contribution < -0.4 is 0 Å². The molecule has 0 amide bonds. The molecule has 0 heterocycles. The zero-order chi connectivity index (χ0) is 12.6. The fourth-order valence-electron chi connectivity index (χ4n) is 1.82. The average Bonchev–Trinajstić information content (AvgIpc) is 2.25. The summed E-state index contributed by atoms with van der Waals surface area (Å²) >= 11 is 9.85. The number of hydrogen-bond acceptors (Lipinski definition) is 4. The first kappa shape index (κ1) is 20.4. The minimum Gasteiger partial charge on any atom is -0.794 e. The molecular formula is C12H22HgO2S2. The predicted molar refractivity (Wildman–Crippen MR) is 72.3 cm³/mol. The predicted octanol–water partition coefficient (Wildman–Crippen LogP) is 2.60. The molecule has 0 radical (unpaired) electrons. The molecule has 0 aromatic carbocycles. The molecule has 2 nitrogen and oxygen atoms in total.